The predicted octanol–water partition coefficient (Wildman–Crippen LogP) is 0.796. The number of ether oxygens (including phenoxy) is 1. The molecule has 0 aliphatic carbocycles. The third kappa shape index (κ3) is 6.61. The Labute approximate surface area is 154 Å². The molecule has 1 aliphatic heterocycles. The van der Waals surface area contributed by atoms with Gasteiger partial charge in [-0.2, -0.15) is 0 Å². The molecule has 130 valence electrons. The number of nitrogens with one attached hydrogen (secondary N) is 2. The van der Waals surface area contributed by atoms with E-state index in [4.69, 9.17) is 9.88 Å². The van der Waals surface area contributed by atoms with Crippen LogP contribution >= 0.6 is 24.0 Å². The Balaban J connectivity index is 0.00000264. The molecule has 1 aliphatic rings. The number of halogens is 1. The molecule has 23 heavy (non-hydrogen) atoms. The van der Waals surface area contributed by atoms with E-state index in [9.17, 15) is 8.42 Å². The van der Waals surface area contributed by atoms with Crippen LogP contribution in [0.2, 0.25) is 0 Å². The second-order valence-corrected chi connectivity index (χ2v) is 6.70. The molecule has 2 rings (SSSR count). The minimum atomic E-state index is -3.68. The number of nitrogens with two attached hydrogens (primary N) is 1. The maximum atomic E-state index is 11.3. The molecule has 7 nitrogen and oxygen atoms in total. The van der Waals surface area contributed by atoms with Gasteiger partial charge in [0.05, 0.1) is 11.0 Å². The number of rotatable bonds is 5. The van der Waals surface area contributed by atoms with Crippen LogP contribution in [0.4, 0.5) is 0 Å². The van der Waals surface area contributed by atoms with Crippen LogP contribution in [0.5, 0.6) is 0 Å². The van der Waals surface area contributed by atoms with Crippen molar-refractivity contribution in [2.75, 3.05) is 20.2 Å². The van der Waals surface area contributed by atoms with Gasteiger partial charge in [0.15, 0.2) is 5.96 Å². The molecule has 1 heterocycles. The molecule has 0 amide bonds. The number of benzene rings is 1. The third-order valence-electron chi connectivity index (χ3n) is 3.43. The summed E-state index contributed by atoms with van der Waals surface area (Å²) in [5, 5.41) is 11.5. The molecule has 9 heteroatoms. The van der Waals surface area contributed by atoms with Crippen molar-refractivity contribution in [3.05, 3.63) is 29.8 Å². The van der Waals surface area contributed by atoms with Gasteiger partial charge in [-0.1, -0.05) is 12.1 Å². The van der Waals surface area contributed by atoms with Crippen LogP contribution in [-0.2, 0) is 21.3 Å². The molecule has 1 saturated heterocycles. The maximum Gasteiger partial charge on any atom is 0.238 e. The van der Waals surface area contributed by atoms with Gasteiger partial charge in [-0.3, -0.25) is 4.99 Å². The Morgan fingerprint density at radius 3 is 2.83 bits per heavy atom. The fraction of sp³-hybridized carbons (Fsp3) is 0.500. The number of primary sulfonamides is 1. The highest BCUT2D eigenvalue weighted by atomic mass is 127. The van der Waals surface area contributed by atoms with Crippen LogP contribution in [0, 0.1) is 0 Å². The van der Waals surface area contributed by atoms with Crippen molar-refractivity contribution < 1.29 is 13.2 Å². The summed E-state index contributed by atoms with van der Waals surface area (Å²) in [6, 6.07) is 6.52. The van der Waals surface area contributed by atoms with Crippen molar-refractivity contribution in [2.45, 2.75) is 30.4 Å². The molecule has 1 unspecified atom stereocenters. The zero-order valence-corrected chi connectivity index (χ0v) is 16.1. The topological polar surface area (TPSA) is 106 Å². The summed E-state index contributed by atoms with van der Waals surface area (Å²) in [6.07, 6.45) is 2.38. The lowest BCUT2D eigenvalue weighted by Crippen LogP contribution is -2.40. The van der Waals surface area contributed by atoms with Gasteiger partial charge in [0.25, 0.3) is 0 Å². The number of aliphatic imine (C=N–C) groups is 1. The molecule has 1 atom stereocenters. The first-order valence-electron chi connectivity index (χ1n) is 7.17. The van der Waals surface area contributed by atoms with E-state index in [2.05, 4.69) is 15.6 Å². The summed E-state index contributed by atoms with van der Waals surface area (Å²) in [4.78, 5) is 4.24. The van der Waals surface area contributed by atoms with Gasteiger partial charge >= 0.3 is 0 Å². The smallest absolute Gasteiger partial charge is 0.238 e. The summed E-state index contributed by atoms with van der Waals surface area (Å²) in [5.41, 5.74) is 0.812. The molecule has 0 bridgehead atoms. The average Bonchev–Trinajstić information content (AvgIpc) is 3.00. The predicted molar refractivity (Wildman–Crippen MR) is 100 cm³/mol. The molecule has 0 spiro atoms. The van der Waals surface area contributed by atoms with Crippen LogP contribution in [0.1, 0.15) is 18.4 Å². The summed E-state index contributed by atoms with van der Waals surface area (Å²) in [5.74, 6) is 0.650. The fourth-order valence-electron chi connectivity index (χ4n) is 2.25. The lowest BCUT2D eigenvalue weighted by atomic mass is 10.2. The second kappa shape index (κ2) is 9.40. The van der Waals surface area contributed by atoms with Crippen molar-refractivity contribution in [1.29, 1.82) is 0 Å². The monoisotopic (exact) mass is 454 g/mol. The van der Waals surface area contributed by atoms with Gasteiger partial charge in [-0.25, -0.2) is 13.6 Å². The maximum absolute atomic E-state index is 11.3. The zero-order valence-electron chi connectivity index (χ0n) is 13.0. The zero-order chi connectivity index (χ0) is 16.0. The van der Waals surface area contributed by atoms with E-state index < -0.39 is 10.0 Å². The Hall–Kier alpha value is -0.910. The van der Waals surface area contributed by atoms with E-state index in [0.29, 0.717) is 19.0 Å². The van der Waals surface area contributed by atoms with Gasteiger partial charge < -0.3 is 15.4 Å². The van der Waals surface area contributed by atoms with Crippen molar-refractivity contribution >= 4 is 40.0 Å². The number of hydrogen-bond donors (Lipinski definition) is 3. The normalized spacial score (nSPS) is 18.3. The van der Waals surface area contributed by atoms with Gasteiger partial charge in [-0.05, 0) is 30.5 Å². The molecule has 0 aromatic heterocycles. The Morgan fingerprint density at radius 1 is 1.43 bits per heavy atom. The molecular formula is C14H23IN4O3S. The molecule has 0 saturated carbocycles. The van der Waals surface area contributed by atoms with Crippen LogP contribution < -0.4 is 15.8 Å². The molecule has 1 fully saturated rings. The third-order valence-corrected chi connectivity index (χ3v) is 4.34. The van der Waals surface area contributed by atoms with E-state index in [-0.39, 0.29) is 35.0 Å². The summed E-state index contributed by atoms with van der Waals surface area (Å²) < 4.78 is 28.2. The summed E-state index contributed by atoms with van der Waals surface area (Å²) >= 11 is 0. The second-order valence-electron chi connectivity index (χ2n) is 5.13. The first-order chi connectivity index (χ1) is 10.5. The molecule has 0 radical (unpaired) electrons. The van der Waals surface area contributed by atoms with Gasteiger partial charge in [-0.15, -0.1) is 24.0 Å². The van der Waals surface area contributed by atoms with Crippen molar-refractivity contribution in [3.8, 4) is 0 Å². The van der Waals surface area contributed by atoms with E-state index in [1.807, 2.05) is 6.07 Å². The number of nitrogens with zero attached hydrogens (tertiary/aromatic N) is 1. The van der Waals surface area contributed by atoms with E-state index in [1.54, 1.807) is 19.2 Å². The largest absolute Gasteiger partial charge is 0.376 e. The minimum absolute atomic E-state index is 0. The van der Waals surface area contributed by atoms with Crippen LogP contribution in [0.25, 0.3) is 0 Å². The van der Waals surface area contributed by atoms with E-state index in [0.717, 1.165) is 25.0 Å². The van der Waals surface area contributed by atoms with E-state index in [1.165, 1.54) is 6.07 Å². The highest BCUT2D eigenvalue weighted by molar-refractivity contribution is 14.0. The number of guanidine groups is 1. The summed E-state index contributed by atoms with van der Waals surface area (Å²) in [7, 11) is -1.99. The standard InChI is InChI=1S/C14H22N4O3S.HI/c1-16-14(18-10-12-5-3-7-21-12)17-9-11-4-2-6-13(8-11)22(15,19)20;/h2,4,6,8,12H,3,5,7,9-10H2,1H3,(H2,15,19,20)(H2,16,17,18);1H. The highest BCUT2D eigenvalue weighted by Gasteiger charge is 2.15. The molecule has 4 N–H and O–H groups in total. The minimum Gasteiger partial charge on any atom is -0.376 e. The van der Waals surface area contributed by atoms with Crippen molar-refractivity contribution in [3.63, 3.8) is 0 Å². The van der Waals surface area contributed by atoms with Gasteiger partial charge in [0.2, 0.25) is 10.0 Å². The van der Waals surface area contributed by atoms with Gasteiger partial charge in [0.1, 0.15) is 0 Å². The van der Waals surface area contributed by atoms with Crippen LogP contribution in [-0.4, -0.2) is 40.7 Å². The number of hydrogen-bond acceptors (Lipinski definition) is 4. The lowest BCUT2D eigenvalue weighted by Gasteiger charge is -2.15. The lowest BCUT2D eigenvalue weighted by molar-refractivity contribution is 0.114. The first-order valence-corrected chi connectivity index (χ1v) is 8.71. The summed E-state index contributed by atoms with van der Waals surface area (Å²) in [6.45, 7) is 1.98. The average molecular weight is 454 g/mol. The van der Waals surface area contributed by atoms with Crippen molar-refractivity contribution in [1.82, 2.24) is 10.6 Å². The Bertz CT molecular complexity index is 631. The van der Waals surface area contributed by atoms with E-state index >= 15 is 0 Å². The quantitative estimate of drug-likeness (QED) is 0.347. The fourth-order valence-corrected chi connectivity index (χ4v) is 2.84. The SMILES string of the molecule is CN=C(NCc1cccc(S(N)(=O)=O)c1)NCC1CCCO1.I. The van der Waals surface area contributed by atoms with Crippen LogP contribution in [0.3, 0.4) is 0 Å². The van der Waals surface area contributed by atoms with Crippen LogP contribution in [0.15, 0.2) is 34.2 Å². The first kappa shape index (κ1) is 20.1. The number of sulfonamides is 1. The van der Waals surface area contributed by atoms with Crippen molar-refractivity contribution in [2.24, 2.45) is 10.1 Å². The highest BCUT2D eigenvalue weighted by Crippen LogP contribution is 2.11. The molecule has 1 aromatic carbocycles. The molecule has 1 aromatic rings. The van der Waals surface area contributed by atoms with Gasteiger partial charge in [0, 0.05) is 26.7 Å². The Morgan fingerprint density at radius 2 is 2.22 bits per heavy atom. The molecular weight excluding hydrogens is 431 g/mol. The Kier molecular flexibility index (Phi) is 8.23.